The van der Waals surface area contributed by atoms with E-state index in [1.165, 1.54) is 57.8 Å². The van der Waals surface area contributed by atoms with Crippen molar-refractivity contribution < 1.29 is 0 Å². The van der Waals surface area contributed by atoms with Crippen LogP contribution in [0.15, 0.2) is 5.11 Å². The zero-order chi connectivity index (χ0) is 16.0. The van der Waals surface area contributed by atoms with Crippen LogP contribution in [0.25, 0.3) is 10.4 Å². The zero-order valence-corrected chi connectivity index (χ0v) is 14.2. The van der Waals surface area contributed by atoms with Crippen molar-refractivity contribution in [3.63, 3.8) is 0 Å². The van der Waals surface area contributed by atoms with Crippen LogP contribution < -0.4 is 0 Å². The molecule has 3 unspecified atom stereocenters. The minimum Gasteiger partial charge on any atom is -0.198 e. The van der Waals surface area contributed by atoms with Crippen LogP contribution in [-0.2, 0) is 0 Å². The molecule has 22 heavy (non-hydrogen) atoms. The maximum absolute atomic E-state index is 8.77. The van der Waals surface area contributed by atoms with Crippen LogP contribution in [0.4, 0.5) is 0 Å². The molecule has 0 bridgehead atoms. The quantitative estimate of drug-likeness (QED) is 0.175. The van der Waals surface area contributed by atoms with Gasteiger partial charge in [-0.15, -0.1) is 0 Å². The SMILES string of the molecule is CCCCCCC1CCC(N=[N+]=[N-])C1CCCCCCC#N. The van der Waals surface area contributed by atoms with Gasteiger partial charge in [-0.2, -0.15) is 5.26 Å². The maximum Gasteiger partial charge on any atom is 0.0621 e. The lowest BCUT2D eigenvalue weighted by Crippen LogP contribution is -2.17. The van der Waals surface area contributed by atoms with E-state index in [1.54, 1.807) is 0 Å². The van der Waals surface area contributed by atoms with Crippen molar-refractivity contribution in [3.05, 3.63) is 10.4 Å². The molecule has 124 valence electrons. The fraction of sp³-hybridized carbons (Fsp3) is 0.944. The van der Waals surface area contributed by atoms with Crippen molar-refractivity contribution in [2.45, 2.75) is 96.4 Å². The summed E-state index contributed by atoms with van der Waals surface area (Å²) in [6.45, 7) is 2.25. The third-order valence-corrected chi connectivity index (χ3v) is 5.14. The summed E-state index contributed by atoms with van der Waals surface area (Å²) >= 11 is 0. The van der Waals surface area contributed by atoms with Crippen LogP contribution in [0.2, 0.25) is 0 Å². The molecular weight excluding hydrogens is 272 g/mol. The largest absolute Gasteiger partial charge is 0.198 e. The van der Waals surface area contributed by atoms with E-state index in [1.807, 2.05) is 0 Å². The van der Waals surface area contributed by atoms with Crippen LogP contribution in [0, 0.1) is 23.2 Å². The first-order valence-electron chi connectivity index (χ1n) is 9.24. The van der Waals surface area contributed by atoms with Gasteiger partial charge in [0.25, 0.3) is 0 Å². The highest BCUT2D eigenvalue weighted by atomic mass is 15.2. The lowest BCUT2D eigenvalue weighted by Gasteiger charge is -2.22. The zero-order valence-electron chi connectivity index (χ0n) is 14.2. The van der Waals surface area contributed by atoms with E-state index < -0.39 is 0 Å². The van der Waals surface area contributed by atoms with Crippen molar-refractivity contribution in [2.75, 3.05) is 0 Å². The number of nitriles is 1. The van der Waals surface area contributed by atoms with Crippen LogP contribution in [0.5, 0.6) is 0 Å². The Hall–Kier alpha value is -1.20. The fourth-order valence-electron chi connectivity index (χ4n) is 3.89. The molecule has 0 aromatic carbocycles. The highest BCUT2D eigenvalue weighted by Gasteiger charge is 2.34. The Kier molecular flexibility index (Phi) is 10.6. The smallest absolute Gasteiger partial charge is 0.0621 e. The first kappa shape index (κ1) is 18.8. The molecule has 1 aliphatic carbocycles. The predicted octanol–water partition coefficient (Wildman–Crippen LogP) is 6.53. The maximum atomic E-state index is 8.77. The van der Waals surface area contributed by atoms with Crippen LogP contribution in [-0.4, -0.2) is 6.04 Å². The van der Waals surface area contributed by atoms with Gasteiger partial charge in [0, 0.05) is 17.4 Å². The van der Waals surface area contributed by atoms with E-state index in [0.29, 0.717) is 12.3 Å². The van der Waals surface area contributed by atoms with E-state index in [9.17, 15) is 0 Å². The normalized spacial score (nSPS) is 23.9. The molecule has 0 aromatic heterocycles. The first-order valence-corrected chi connectivity index (χ1v) is 9.24. The van der Waals surface area contributed by atoms with Crippen molar-refractivity contribution in [3.8, 4) is 6.07 Å². The summed E-state index contributed by atoms with van der Waals surface area (Å²) < 4.78 is 0. The molecule has 1 rings (SSSR count). The van der Waals surface area contributed by atoms with Crippen LogP contribution in [0.3, 0.4) is 0 Å². The van der Waals surface area contributed by atoms with Crippen LogP contribution >= 0.6 is 0 Å². The summed E-state index contributed by atoms with van der Waals surface area (Å²) in [6, 6.07) is 2.45. The van der Waals surface area contributed by atoms with E-state index in [0.717, 1.165) is 25.2 Å². The fourth-order valence-corrected chi connectivity index (χ4v) is 3.89. The Morgan fingerprint density at radius 1 is 1.05 bits per heavy atom. The van der Waals surface area contributed by atoms with Gasteiger partial charge in [-0.3, -0.25) is 0 Å². The highest BCUT2D eigenvalue weighted by molar-refractivity contribution is 4.89. The van der Waals surface area contributed by atoms with Gasteiger partial charge in [0.05, 0.1) is 6.07 Å². The van der Waals surface area contributed by atoms with E-state index in [2.05, 4.69) is 23.0 Å². The molecule has 0 amide bonds. The lowest BCUT2D eigenvalue weighted by atomic mass is 9.85. The molecule has 0 aliphatic heterocycles. The Balaban J connectivity index is 2.33. The summed E-state index contributed by atoms with van der Waals surface area (Å²) in [5.74, 6) is 1.37. The van der Waals surface area contributed by atoms with Gasteiger partial charge >= 0.3 is 0 Å². The molecule has 0 heterocycles. The highest BCUT2D eigenvalue weighted by Crippen LogP contribution is 2.40. The van der Waals surface area contributed by atoms with E-state index in [4.69, 9.17) is 10.8 Å². The van der Waals surface area contributed by atoms with E-state index in [-0.39, 0.29) is 6.04 Å². The van der Waals surface area contributed by atoms with Gasteiger partial charge in [-0.25, -0.2) is 0 Å². The van der Waals surface area contributed by atoms with Crippen molar-refractivity contribution in [1.29, 1.82) is 5.26 Å². The molecule has 0 radical (unpaired) electrons. The van der Waals surface area contributed by atoms with Gasteiger partial charge < -0.3 is 0 Å². The minimum atomic E-state index is 0.236. The number of hydrogen-bond acceptors (Lipinski definition) is 2. The summed E-state index contributed by atoms with van der Waals surface area (Å²) in [6.07, 6.45) is 15.5. The molecule has 3 atom stereocenters. The third-order valence-electron chi connectivity index (χ3n) is 5.14. The Labute approximate surface area is 135 Å². The standard InChI is InChI=1S/C18H32N4/c1-2-3-4-8-11-16-13-14-18(21-22-20)17(16)12-9-6-5-7-10-15-19/h16-18H,2-14H2,1H3. The molecule has 0 aromatic rings. The molecule has 0 spiro atoms. The first-order chi connectivity index (χ1) is 10.8. The summed E-state index contributed by atoms with van der Waals surface area (Å²) in [5.41, 5.74) is 8.77. The van der Waals surface area contributed by atoms with Crippen molar-refractivity contribution in [2.24, 2.45) is 17.0 Å². The minimum absolute atomic E-state index is 0.236. The lowest BCUT2D eigenvalue weighted by molar-refractivity contribution is 0.303. The Morgan fingerprint density at radius 3 is 2.50 bits per heavy atom. The second kappa shape index (κ2) is 12.4. The summed E-state index contributed by atoms with van der Waals surface area (Å²) in [7, 11) is 0. The molecular formula is C18H32N4. The molecule has 0 N–H and O–H groups in total. The Morgan fingerprint density at radius 2 is 1.77 bits per heavy atom. The number of azide groups is 1. The molecule has 1 fully saturated rings. The van der Waals surface area contributed by atoms with Crippen LogP contribution in [0.1, 0.15) is 90.4 Å². The molecule has 4 heteroatoms. The second-order valence-corrected chi connectivity index (χ2v) is 6.73. The van der Waals surface area contributed by atoms with Gasteiger partial charge in [0.15, 0.2) is 0 Å². The monoisotopic (exact) mass is 304 g/mol. The van der Waals surface area contributed by atoms with Crippen molar-refractivity contribution >= 4 is 0 Å². The number of hydrogen-bond donors (Lipinski definition) is 0. The average molecular weight is 304 g/mol. The number of rotatable bonds is 12. The van der Waals surface area contributed by atoms with Gasteiger partial charge in [0.2, 0.25) is 0 Å². The van der Waals surface area contributed by atoms with Crippen molar-refractivity contribution in [1.82, 2.24) is 0 Å². The Bertz CT molecular complexity index is 368. The predicted molar refractivity (Wildman–Crippen MR) is 91.2 cm³/mol. The molecule has 4 nitrogen and oxygen atoms in total. The molecule has 1 aliphatic rings. The molecule has 0 saturated heterocycles. The molecule has 1 saturated carbocycles. The van der Waals surface area contributed by atoms with Gasteiger partial charge in [-0.05, 0) is 43.1 Å². The summed E-state index contributed by atoms with van der Waals surface area (Å²) in [5, 5.41) is 12.6. The second-order valence-electron chi connectivity index (χ2n) is 6.73. The van der Waals surface area contributed by atoms with E-state index >= 15 is 0 Å². The topological polar surface area (TPSA) is 72.6 Å². The summed E-state index contributed by atoms with van der Waals surface area (Å²) in [4.78, 5) is 3.07. The van der Waals surface area contributed by atoms with Gasteiger partial charge in [0.1, 0.15) is 0 Å². The number of nitrogens with zero attached hydrogens (tertiary/aromatic N) is 4. The third kappa shape index (κ3) is 7.18. The van der Waals surface area contributed by atoms with Gasteiger partial charge in [-0.1, -0.05) is 63.4 Å². The number of unbranched alkanes of at least 4 members (excludes halogenated alkanes) is 7. The average Bonchev–Trinajstić information content (AvgIpc) is 2.90.